The van der Waals surface area contributed by atoms with Crippen molar-refractivity contribution >= 4 is 161 Å². The number of pyridine rings is 4. The summed E-state index contributed by atoms with van der Waals surface area (Å²) in [4.78, 5) is 98.5. The Morgan fingerprint density at radius 2 is 0.966 bits per heavy atom. The van der Waals surface area contributed by atoms with Crippen molar-refractivity contribution in [3.63, 3.8) is 0 Å². The van der Waals surface area contributed by atoms with E-state index in [0.29, 0.717) is 56.5 Å². The Kier molecular flexibility index (Phi) is 33.2. The molecule has 117 heavy (non-hydrogen) atoms. The molecule has 6 N–H and O–H groups in total. The van der Waals surface area contributed by atoms with Gasteiger partial charge in [0.2, 0.25) is 0 Å². The number of piperidine rings is 1. The van der Waals surface area contributed by atoms with Crippen LogP contribution in [-0.2, 0) is 78.6 Å². The van der Waals surface area contributed by atoms with Crippen LogP contribution >= 0.6 is 109 Å². The lowest BCUT2D eigenvalue weighted by molar-refractivity contribution is -0.120. The van der Waals surface area contributed by atoms with E-state index < -0.39 is 5.20 Å². The molecule has 1 atom stereocenters. The van der Waals surface area contributed by atoms with Gasteiger partial charge in [0.25, 0.3) is 17.0 Å². The fraction of sp³-hybridized carbons (Fsp3) is 0.305. The molecule has 6 aliphatic rings. The third-order valence-electron chi connectivity index (χ3n) is 19.0. The molecule has 0 spiro atoms. The van der Waals surface area contributed by atoms with Crippen LogP contribution in [0, 0.1) is 5.92 Å². The largest absolute Gasteiger partial charge is 0.399 e. The maximum Gasteiger partial charge on any atom is 0.339 e. The third-order valence-corrected chi connectivity index (χ3v) is 20.9. The zero-order valence-corrected chi connectivity index (χ0v) is 72.6. The maximum atomic E-state index is 11.6. The lowest BCUT2D eigenvalue weighted by Gasteiger charge is -2.32. The number of H-pyrrole nitrogens is 2. The fourth-order valence-electron chi connectivity index (χ4n) is 12.9. The number of carbonyl (C=O) groups excluding carboxylic acids is 1. The molecule has 0 radical (unpaired) electrons. The fourth-order valence-corrected chi connectivity index (χ4v) is 14.1. The zero-order valence-electron chi connectivity index (χ0n) is 64.9. The van der Waals surface area contributed by atoms with E-state index in [4.69, 9.17) is 75.3 Å². The number of aromatic amines is 2. The van der Waals surface area contributed by atoms with Gasteiger partial charge in [0, 0.05) is 110 Å². The summed E-state index contributed by atoms with van der Waals surface area (Å²) < 4.78 is 9.51. The summed E-state index contributed by atoms with van der Waals surface area (Å²) in [6, 6.07) is 41.4. The number of nitrogens with zero attached hydrogens (tertiary/aromatic N) is 16. The molecule has 14 heterocycles. The summed E-state index contributed by atoms with van der Waals surface area (Å²) >= 11 is 49.5. The van der Waals surface area contributed by atoms with E-state index in [-0.39, 0.29) is 33.8 Å². The number of anilines is 6. The van der Waals surface area contributed by atoms with Gasteiger partial charge in [-0.05, 0) is 173 Å². The smallest absolute Gasteiger partial charge is 0.339 e. The molecular formula is C82H87Cl9N21O4P. The molecule has 1 fully saturated rings. The summed E-state index contributed by atoms with van der Waals surface area (Å²) in [7, 11) is 0. The summed E-state index contributed by atoms with van der Waals surface area (Å²) in [6.07, 6.45) is 18.1. The number of aromatic nitrogens is 12. The normalized spacial score (nSPS) is 15.1. The van der Waals surface area contributed by atoms with Gasteiger partial charge < -0.3 is 41.0 Å². The molecule has 8 aromatic heterocycles. The Bertz CT molecular complexity index is 5360. The number of fused-ring (bicyclic) bond motifs is 5. The predicted molar refractivity (Wildman–Crippen MR) is 474 cm³/mol. The first kappa shape index (κ1) is 90.3. The second-order valence-corrected chi connectivity index (χ2v) is 38.1. The zero-order chi connectivity index (χ0) is 83.8. The van der Waals surface area contributed by atoms with Crippen LogP contribution < -0.4 is 42.2 Å². The van der Waals surface area contributed by atoms with Crippen molar-refractivity contribution in [2.24, 2.45) is 15.9 Å². The summed E-state index contributed by atoms with van der Waals surface area (Å²) in [6.45, 7) is 21.7. The molecule has 1 amide bonds. The lowest BCUT2D eigenvalue weighted by atomic mass is 9.87. The van der Waals surface area contributed by atoms with Crippen LogP contribution in [-0.4, -0.2) is 122 Å². The predicted octanol–water partition coefficient (Wildman–Crippen LogP) is 18.0. The third kappa shape index (κ3) is 27.2. The monoisotopic (exact) mass is 1780 g/mol. The number of hydrogen-bond donors (Lipinski definition) is 5. The van der Waals surface area contributed by atoms with Crippen molar-refractivity contribution in [1.82, 2.24) is 70.0 Å². The van der Waals surface area contributed by atoms with Crippen LogP contribution in [0.15, 0.2) is 197 Å². The number of carbonyl (C=O) groups is 1. The highest BCUT2D eigenvalue weighted by molar-refractivity contribution is 8.24. The molecular weight excluding hydrogens is 1690 g/mol. The Morgan fingerprint density at radius 3 is 1.47 bits per heavy atom. The van der Waals surface area contributed by atoms with E-state index in [9.17, 15) is 18.9 Å². The molecule has 1 saturated heterocycles. The highest BCUT2D eigenvalue weighted by Crippen LogP contribution is 2.61. The van der Waals surface area contributed by atoms with Crippen LogP contribution in [0.25, 0.3) is 0 Å². The lowest BCUT2D eigenvalue weighted by Crippen LogP contribution is -2.44. The van der Waals surface area contributed by atoms with Gasteiger partial charge in [0.1, 0.15) is 52.6 Å². The van der Waals surface area contributed by atoms with Crippen molar-refractivity contribution < 1.29 is 9.36 Å². The number of rotatable bonds is 7. The van der Waals surface area contributed by atoms with Crippen molar-refractivity contribution in [1.29, 1.82) is 0 Å². The summed E-state index contributed by atoms with van der Waals surface area (Å²) in [5, 5.41) is 6.73. The Labute approximate surface area is 723 Å². The van der Waals surface area contributed by atoms with Crippen LogP contribution in [0.5, 0.6) is 0 Å². The van der Waals surface area contributed by atoms with E-state index in [2.05, 4.69) is 231 Å². The van der Waals surface area contributed by atoms with Crippen LogP contribution in [0.2, 0.25) is 30.4 Å². The highest BCUT2D eigenvalue weighted by Gasteiger charge is 2.33. The van der Waals surface area contributed by atoms with Gasteiger partial charge in [-0.15, -0.1) is 0 Å². The van der Waals surface area contributed by atoms with E-state index in [1.807, 2.05) is 53.4 Å². The van der Waals surface area contributed by atoms with E-state index in [0.717, 1.165) is 163 Å². The van der Waals surface area contributed by atoms with Gasteiger partial charge in [-0.1, -0.05) is 166 Å². The minimum Gasteiger partial charge on any atom is -0.399 e. The van der Waals surface area contributed by atoms with Gasteiger partial charge in [-0.2, -0.15) is 0 Å². The average Bonchev–Trinajstić information content (AvgIpc) is 0.805. The maximum absolute atomic E-state index is 11.6. The van der Waals surface area contributed by atoms with Gasteiger partial charge >= 0.3 is 5.20 Å². The Balaban J connectivity index is 0.000000147. The molecule has 17 rings (SSSR count). The highest BCUT2D eigenvalue weighted by atomic mass is 36.0. The molecule has 0 aliphatic carbocycles. The number of benzene rings is 3. The molecule has 612 valence electrons. The first-order chi connectivity index (χ1) is 55.9. The Hall–Kier alpha value is -9.05. The molecule has 0 saturated carbocycles. The number of nitrogens with one attached hydrogen (secondary N) is 4. The number of amides is 1. The van der Waals surface area contributed by atoms with Gasteiger partial charge in [0.15, 0.2) is 0 Å². The first-order valence-corrected chi connectivity index (χ1v) is 43.9. The van der Waals surface area contributed by atoms with Crippen LogP contribution in [0.4, 0.5) is 34.6 Å². The number of hydrogen-bond acceptors (Lipinski definition) is 22. The van der Waals surface area contributed by atoms with Crippen molar-refractivity contribution in [2.45, 2.75) is 117 Å². The number of nitrogen functional groups attached to an aromatic ring is 1. The second kappa shape index (κ2) is 43.1. The molecule has 25 nitrogen and oxygen atoms in total. The second-order valence-electron chi connectivity index (χ2n) is 29.2. The summed E-state index contributed by atoms with van der Waals surface area (Å²) in [5.74, 6) is 3.12. The standard InChI is InChI=1S/C22H24ClN5.C14H15N3O.C12H10Cl2N4.C12H11ClN4O.C10H15N.C7H9N3O.C5H3Cl2N.Cl3OP/c1-22(2,3)15-6-8-16(9-7-15)27-20-17-10-12-28(13-19(17)25-14-26-20)21-18(23)5-4-11-24-21;18-14-12-6-7-17(9-13(12)15-10-16-14)8-11-4-2-1-3-5-11;13-9-2-1-4-15-12(9)18-5-3-8-10(6-18)16-7-17-11(8)14;13-9-2-1-4-14-11(9)17-5-3-8-10(6-17)15-7-16-12(8)18;1-10(2,3)8-4-6-9(11)7-5-8;11-7-5-1-2-8-3-6(5)9-4-10-7;6-4-2-1-3-8-5(4)7;1-5(2,3)4/h4-9,11,14H,10,12-13H2,1-3H3,(H,25,26,27);1-5,10,12H,6-9H2;1-2,4,7H,3,5-6H2;1-2,4,7H,3,5-6H2,(H,15,16,18);4-7H,11H2,1-3H3;4,8H,1-3H2,(H,9,10,11);1-3H;. The van der Waals surface area contributed by atoms with E-state index in [1.165, 1.54) is 42.0 Å². The van der Waals surface area contributed by atoms with Gasteiger partial charge in [-0.3, -0.25) is 23.8 Å². The number of halogens is 9. The molecule has 11 aromatic rings. The average molecular weight is 1780 g/mol. The molecule has 0 bridgehead atoms. The van der Waals surface area contributed by atoms with Crippen LogP contribution in [0.1, 0.15) is 110 Å². The van der Waals surface area contributed by atoms with Gasteiger partial charge in [0.05, 0.1) is 81.1 Å². The number of aliphatic imine (C=N–C) groups is 2. The Morgan fingerprint density at radius 1 is 0.496 bits per heavy atom. The first-order valence-electron chi connectivity index (χ1n) is 37.2. The minimum absolute atomic E-state index is 0.0106. The van der Waals surface area contributed by atoms with Crippen molar-refractivity contribution in [3.05, 3.63) is 290 Å². The van der Waals surface area contributed by atoms with Crippen molar-refractivity contribution in [2.75, 3.05) is 65.0 Å². The molecule has 3 aromatic carbocycles. The van der Waals surface area contributed by atoms with Gasteiger partial charge in [-0.25, -0.2) is 59.8 Å². The molecule has 1 unspecified atom stereocenters. The number of nitrogens with two attached hydrogens (primary N) is 1. The van der Waals surface area contributed by atoms with E-state index in [1.54, 1.807) is 49.3 Å². The minimum atomic E-state index is -3.22. The van der Waals surface area contributed by atoms with Crippen molar-refractivity contribution in [3.8, 4) is 0 Å². The molecule has 35 heteroatoms. The topological polar surface area (TPSA) is 317 Å². The molecule has 6 aliphatic heterocycles. The quantitative estimate of drug-likeness (QED) is 0.0428. The SMILES string of the molecule is CC(C)(C)c1ccc(N)cc1.CC(C)(C)c1ccc(Nc2ncnc3c2CCN(c2ncccc2Cl)C3)cc1.Clc1cccnc1Cl.Clc1cccnc1N1CCc2c(Cl)ncnc2C1.O=C1N=CN=C2CN(Cc3ccccc3)CCC12.O=P(Cl)(Cl)Cl.O=c1[nH]cnc2c1CCN(c1ncccc1Cl)C2.O=c1[nH]cnc2c1CCNC2. The van der Waals surface area contributed by atoms with Crippen LogP contribution in [0.3, 0.4) is 0 Å². The summed E-state index contributed by atoms with van der Waals surface area (Å²) in [5.41, 5.74) is 20.1. The van der Waals surface area contributed by atoms with E-state index >= 15 is 0 Å². The number of likely N-dealkylation sites (tertiary alicyclic amines) is 1.